The van der Waals surface area contributed by atoms with Crippen LogP contribution in [-0.4, -0.2) is 54.0 Å². The molecular weight excluding hydrogens is 292 g/mol. The Balaban J connectivity index is 1.59. The molecule has 3 atom stereocenters. The fraction of sp³-hybridized carbons (Fsp3) is 0.765. The van der Waals surface area contributed by atoms with Gasteiger partial charge in [-0.2, -0.15) is 4.98 Å². The second-order valence-corrected chi connectivity index (χ2v) is 6.79. The number of rotatable bonds is 5. The van der Waals surface area contributed by atoms with E-state index >= 15 is 0 Å². The molecule has 2 heterocycles. The third-order valence-corrected chi connectivity index (χ3v) is 4.87. The number of hydrogen-bond acceptors (Lipinski definition) is 6. The van der Waals surface area contributed by atoms with Gasteiger partial charge in [-0.25, -0.2) is 4.98 Å². The van der Waals surface area contributed by atoms with Crippen LogP contribution >= 0.6 is 0 Å². The molecule has 1 aliphatic carbocycles. The van der Waals surface area contributed by atoms with E-state index in [9.17, 15) is 5.11 Å². The summed E-state index contributed by atoms with van der Waals surface area (Å²) in [6.45, 7) is 2.40. The highest BCUT2D eigenvalue weighted by atomic mass is 16.5. The van der Waals surface area contributed by atoms with Crippen molar-refractivity contribution >= 4 is 11.8 Å². The Morgan fingerprint density at radius 1 is 1.30 bits per heavy atom. The van der Waals surface area contributed by atoms with Gasteiger partial charge in [0.05, 0.1) is 18.8 Å². The van der Waals surface area contributed by atoms with Crippen LogP contribution in [0.4, 0.5) is 11.8 Å². The van der Waals surface area contributed by atoms with Gasteiger partial charge in [-0.15, -0.1) is 0 Å². The molecule has 0 unspecified atom stereocenters. The van der Waals surface area contributed by atoms with Crippen LogP contribution in [0.15, 0.2) is 12.3 Å². The normalized spacial score (nSPS) is 28.3. The zero-order valence-corrected chi connectivity index (χ0v) is 13.9. The largest absolute Gasteiger partial charge is 0.393 e. The number of ether oxygens (including phenoxy) is 1. The molecule has 1 saturated carbocycles. The van der Waals surface area contributed by atoms with Crippen molar-refractivity contribution in [3.05, 3.63) is 12.3 Å². The van der Waals surface area contributed by atoms with Gasteiger partial charge in [0.25, 0.3) is 0 Å². The van der Waals surface area contributed by atoms with Gasteiger partial charge >= 0.3 is 0 Å². The smallest absolute Gasteiger partial charge is 0.226 e. The van der Waals surface area contributed by atoms with E-state index in [4.69, 9.17) is 4.74 Å². The molecule has 0 spiro atoms. The maximum absolute atomic E-state index is 10.1. The first-order chi connectivity index (χ1) is 11.2. The van der Waals surface area contributed by atoms with Gasteiger partial charge in [0, 0.05) is 32.3 Å². The summed E-state index contributed by atoms with van der Waals surface area (Å²) in [5.74, 6) is 1.88. The molecule has 0 aromatic carbocycles. The van der Waals surface area contributed by atoms with Gasteiger partial charge in [-0.05, 0) is 31.7 Å². The summed E-state index contributed by atoms with van der Waals surface area (Å²) in [4.78, 5) is 11.1. The summed E-state index contributed by atoms with van der Waals surface area (Å²) in [7, 11) is 2.00. The minimum atomic E-state index is -0.188. The maximum atomic E-state index is 10.1. The van der Waals surface area contributed by atoms with Gasteiger partial charge in [0.15, 0.2) is 0 Å². The monoisotopic (exact) mass is 320 g/mol. The number of nitrogens with one attached hydrogen (secondary N) is 1. The van der Waals surface area contributed by atoms with E-state index in [0.29, 0.717) is 17.9 Å². The van der Waals surface area contributed by atoms with Crippen LogP contribution in [0.25, 0.3) is 0 Å². The number of aromatic nitrogens is 2. The lowest BCUT2D eigenvalue weighted by Crippen LogP contribution is -2.36. The average Bonchev–Trinajstić information content (AvgIpc) is 2.58. The van der Waals surface area contributed by atoms with Gasteiger partial charge in [-0.1, -0.05) is 12.8 Å². The molecule has 0 amide bonds. The number of anilines is 2. The molecule has 23 heavy (non-hydrogen) atoms. The number of aliphatic hydroxyl groups excluding tert-OH is 1. The SMILES string of the molecule is CN(C[C@@H]1CCCC[C@H]1O)c1nccc(N[C@H]2CCCOC2)n1. The highest BCUT2D eigenvalue weighted by molar-refractivity contribution is 5.41. The summed E-state index contributed by atoms with van der Waals surface area (Å²) in [5, 5.41) is 13.6. The molecule has 1 aliphatic heterocycles. The van der Waals surface area contributed by atoms with Gasteiger partial charge < -0.3 is 20.1 Å². The molecule has 1 saturated heterocycles. The van der Waals surface area contributed by atoms with Crippen LogP contribution in [0, 0.1) is 5.92 Å². The number of nitrogens with zero attached hydrogens (tertiary/aromatic N) is 3. The second kappa shape index (κ2) is 7.93. The predicted molar refractivity (Wildman–Crippen MR) is 90.7 cm³/mol. The van der Waals surface area contributed by atoms with Crippen molar-refractivity contribution < 1.29 is 9.84 Å². The van der Waals surface area contributed by atoms with Crippen molar-refractivity contribution in [2.75, 3.05) is 37.0 Å². The maximum Gasteiger partial charge on any atom is 0.226 e. The van der Waals surface area contributed by atoms with E-state index in [1.54, 1.807) is 6.20 Å². The van der Waals surface area contributed by atoms with Crippen molar-refractivity contribution in [2.24, 2.45) is 5.92 Å². The molecule has 2 N–H and O–H groups in total. The quantitative estimate of drug-likeness (QED) is 0.865. The molecule has 2 aliphatic rings. The van der Waals surface area contributed by atoms with Crippen molar-refractivity contribution in [2.45, 2.75) is 50.7 Å². The lowest BCUT2D eigenvalue weighted by Gasteiger charge is -2.31. The van der Waals surface area contributed by atoms with Crippen LogP contribution in [0.2, 0.25) is 0 Å². The van der Waals surface area contributed by atoms with Crippen LogP contribution < -0.4 is 10.2 Å². The molecule has 0 radical (unpaired) electrons. The fourth-order valence-corrected chi connectivity index (χ4v) is 3.51. The van der Waals surface area contributed by atoms with Gasteiger partial charge in [0.1, 0.15) is 5.82 Å². The van der Waals surface area contributed by atoms with Crippen LogP contribution in [0.5, 0.6) is 0 Å². The van der Waals surface area contributed by atoms with Crippen LogP contribution in [0.3, 0.4) is 0 Å². The van der Waals surface area contributed by atoms with Gasteiger partial charge in [0.2, 0.25) is 5.95 Å². The summed E-state index contributed by atoms with van der Waals surface area (Å²) >= 11 is 0. The lowest BCUT2D eigenvalue weighted by atomic mass is 9.86. The van der Waals surface area contributed by atoms with Crippen LogP contribution in [0.1, 0.15) is 38.5 Å². The Bertz CT molecular complexity index is 493. The Labute approximate surface area is 138 Å². The Kier molecular flexibility index (Phi) is 5.67. The molecule has 128 valence electrons. The van der Waals surface area contributed by atoms with E-state index in [1.807, 2.05) is 13.1 Å². The molecule has 1 aromatic rings. The van der Waals surface area contributed by atoms with Crippen molar-refractivity contribution in [3.8, 4) is 0 Å². The Morgan fingerprint density at radius 3 is 2.96 bits per heavy atom. The summed E-state index contributed by atoms with van der Waals surface area (Å²) in [5.41, 5.74) is 0. The Morgan fingerprint density at radius 2 is 2.17 bits per heavy atom. The second-order valence-electron chi connectivity index (χ2n) is 6.79. The minimum Gasteiger partial charge on any atom is -0.393 e. The third-order valence-electron chi connectivity index (χ3n) is 4.87. The summed E-state index contributed by atoms with van der Waals surface area (Å²) in [6, 6.07) is 2.23. The molecule has 0 bridgehead atoms. The van der Waals surface area contributed by atoms with Crippen molar-refractivity contribution in [1.29, 1.82) is 0 Å². The molecule has 6 heteroatoms. The minimum absolute atomic E-state index is 0.188. The van der Waals surface area contributed by atoms with Crippen LogP contribution in [-0.2, 0) is 4.74 Å². The van der Waals surface area contributed by atoms with E-state index < -0.39 is 0 Å². The Hall–Kier alpha value is -1.40. The van der Waals surface area contributed by atoms with Gasteiger partial charge in [-0.3, -0.25) is 0 Å². The highest BCUT2D eigenvalue weighted by Crippen LogP contribution is 2.26. The topological polar surface area (TPSA) is 70.5 Å². The van der Waals surface area contributed by atoms with E-state index in [0.717, 1.165) is 57.7 Å². The standard InChI is InChI=1S/C17H28N4O2/c1-21(11-13-5-2-3-7-15(13)22)17-18-9-8-16(20-17)19-14-6-4-10-23-12-14/h8-9,13-15,22H,2-7,10-12H2,1H3,(H,18,19,20)/t13-,14-,15+/m0/s1. The number of aliphatic hydroxyl groups is 1. The fourth-order valence-electron chi connectivity index (χ4n) is 3.51. The molecule has 6 nitrogen and oxygen atoms in total. The van der Waals surface area contributed by atoms with Crippen molar-refractivity contribution in [1.82, 2.24) is 9.97 Å². The predicted octanol–water partition coefficient (Wildman–Crippen LogP) is 2.05. The number of hydrogen-bond donors (Lipinski definition) is 2. The third kappa shape index (κ3) is 4.54. The molecule has 3 rings (SSSR count). The molecule has 1 aromatic heterocycles. The zero-order chi connectivity index (χ0) is 16.1. The molecule has 2 fully saturated rings. The zero-order valence-electron chi connectivity index (χ0n) is 13.9. The first kappa shape index (κ1) is 16.5. The lowest BCUT2D eigenvalue weighted by molar-refractivity contribution is 0.0735. The highest BCUT2D eigenvalue weighted by Gasteiger charge is 2.25. The summed E-state index contributed by atoms with van der Waals surface area (Å²) < 4.78 is 5.50. The first-order valence-electron chi connectivity index (χ1n) is 8.79. The van der Waals surface area contributed by atoms with E-state index in [2.05, 4.69) is 20.2 Å². The average molecular weight is 320 g/mol. The van der Waals surface area contributed by atoms with E-state index in [-0.39, 0.29) is 6.10 Å². The molecular formula is C17H28N4O2. The van der Waals surface area contributed by atoms with E-state index in [1.165, 1.54) is 6.42 Å². The van der Waals surface area contributed by atoms with Crippen molar-refractivity contribution in [3.63, 3.8) is 0 Å². The first-order valence-corrected chi connectivity index (χ1v) is 8.79. The summed E-state index contributed by atoms with van der Waals surface area (Å²) in [6.07, 6.45) is 8.17.